The van der Waals surface area contributed by atoms with Crippen LogP contribution >= 0.6 is 59.3 Å². The van der Waals surface area contributed by atoms with Gasteiger partial charge in [-0.25, -0.2) is 0 Å². The van der Waals surface area contributed by atoms with Crippen molar-refractivity contribution in [1.29, 1.82) is 0 Å². The largest absolute Gasteiger partial charge is 0.137 e. The highest BCUT2D eigenvalue weighted by Crippen LogP contribution is 2.36. The minimum absolute atomic E-state index is 0.898. The molecule has 2 nitrogen and oxygen atoms in total. The van der Waals surface area contributed by atoms with E-state index in [-0.39, 0.29) is 0 Å². The smallest absolute Gasteiger partial charge is 0.121 e. The molecule has 2 rings (SSSR count). The summed E-state index contributed by atoms with van der Waals surface area (Å²) in [7, 11) is 0. The summed E-state index contributed by atoms with van der Waals surface area (Å²) in [6, 6.07) is 1.95. The lowest BCUT2D eigenvalue weighted by Gasteiger charge is -1.97. The molecule has 0 unspecified atom stereocenters. The van der Waals surface area contributed by atoms with Crippen molar-refractivity contribution in [1.82, 2.24) is 9.59 Å². The summed E-state index contributed by atoms with van der Waals surface area (Å²) in [5.74, 6) is 0. The van der Waals surface area contributed by atoms with Gasteiger partial charge in [-0.3, -0.25) is 0 Å². The zero-order chi connectivity index (χ0) is 8.72. The number of halogens is 3. The molecule has 0 aliphatic rings. The van der Waals surface area contributed by atoms with E-state index in [2.05, 4.69) is 57.4 Å². The van der Waals surface area contributed by atoms with Crippen LogP contribution in [0, 0.1) is 0 Å². The molecule has 0 bridgehead atoms. The van der Waals surface area contributed by atoms with Crippen molar-refractivity contribution >= 4 is 69.5 Å². The third kappa shape index (κ3) is 1.34. The molecule has 0 aliphatic carbocycles. The van der Waals surface area contributed by atoms with Gasteiger partial charge in [-0.05, 0) is 65.4 Å². The standard InChI is InChI=1S/C6HBr3N2S/c7-2-1-3(8)5-6(4(2)9)12-11-10-5/h1H. The molecule has 0 amide bonds. The van der Waals surface area contributed by atoms with Gasteiger partial charge in [0.25, 0.3) is 0 Å². The number of fused-ring (bicyclic) bond motifs is 1. The van der Waals surface area contributed by atoms with Crippen molar-refractivity contribution in [3.05, 3.63) is 19.5 Å². The molecule has 6 heteroatoms. The Bertz CT molecular complexity index is 440. The first-order valence-electron chi connectivity index (χ1n) is 2.95. The molecule has 0 N–H and O–H groups in total. The van der Waals surface area contributed by atoms with Crippen LogP contribution in [0.25, 0.3) is 10.2 Å². The topological polar surface area (TPSA) is 25.8 Å². The van der Waals surface area contributed by atoms with Gasteiger partial charge in [0, 0.05) is 8.95 Å². The Hall–Kier alpha value is 0.480. The third-order valence-corrected chi connectivity index (χ3v) is 4.97. The molecule has 62 valence electrons. The molecule has 0 saturated heterocycles. The maximum atomic E-state index is 3.99. The predicted octanol–water partition coefficient (Wildman–Crippen LogP) is 3.98. The molecule has 0 fully saturated rings. The van der Waals surface area contributed by atoms with Crippen molar-refractivity contribution in [2.75, 3.05) is 0 Å². The van der Waals surface area contributed by atoms with Crippen LogP contribution in [0.4, 0.5) is 0 Å². The summed E-state index contributed by atoms with van der Waals surface area (Å²) >= 11 is 11.7. The van der Waals surface area contributed by atoms with E-state index >= 15 is 0 Å². The molecule has 0 atom stereocenters. The third-order valence-electron chi connectivity index (χ3n) is 1.38. The van der Waals surface area contributed by atoms with Gasteiger partial charge in [-0.15, -0.1) is 5.10 Å². The number of rotatable bonds is 0. The summed E-state index contributed by atoms with van der Waals surface area (Å²) in [4.78, 5) is 0. The number of hydrogen-bond donors (Lipinski definition) is 0. The lowest BCUT2D eigenvalue weighted by molar-refractivity contribution is 1.19. The Balaban J connectivity index is 2.97. The van der Waals surface area contributed by atoms with Crippen LogP contribution in [0.15, 0.2) is 19.5 Å². The van der Waals surface area contributed by atoms with Gasteiger partial charge in [0.05, 0.1) is 9.17 Å². The second-order valence-electron chi connectivity index (χ2n) is 2.10. The fourth-order valence-electron chi connectivity index (χ4n) is 0.842. The normalized spacial score (nSPS) is 10.9. The monoisotopic (exact) mass is 370 g/mol. The van der Waals surface area contributed by atoms with E-state index in [1.165, 1.54) is 11.5 Å². The first-order chi connectivity index (χ1) is 5.70. The van der Waals surface area contributed by atoms with E-state index in [9.17, 15) is 0 Å². The second-order valence-corrected chi connectivity index (χ2v) is 5.36. The first-order valence-corrected chi connectivity index (χ1v) is 6.11. The molecule has 0 saturated carbocycles. The second kappa shape index (κ2) is 3.32. The van der Waals surface area contributed by atoms with Crippen LogP contribution in [0.3, 0.4) is 0 Å². The van der Waals surface area contributed by atoms with Crippen molar-refractivity contribution in [3.8, 4) is 0 Å². The minimum Gasteiger partial charge on any atom is -0.137 e. The van der Waals surface area contributed by atoms with Crippen molar-refractivity contribution in [3.63, 3.8) is 0 Å². The molecule has 12 heavy (non-hydrogen) atoms. The molecule has 1 heterocycles. The van der Waals surface area contributed by atoms with Gasteiger partial charge in [0.2, 0.25) is 0 Å². The predicted molar refractivity (Wildman–Crippen MR) is 60.5 cm³/mol. The molecule has 1 aromatic carbocycles. The van der Waals surface area contributed by atoms with E-state index in [4.69, 9.17) is 0 Å². The van der Waals surface area contributed by atoms with Crippen LogP contribution < -0.4 is 0 Å². The summed E-state index contributed by atoms with van der Waals surface area (Å²) in [6.07, 6.45) is 0. The van der Waals surface area contributed by atoms with E-state index in [1.54, 1.807) is 0 Å². The molecule has 0 radical (unpaired) electrons. The molecular formula is C6HBr3N2S. The van der Waals surface area contributed by atoms with E-state index in [1.807, 2.05) is 6.07 Å². The van der Waals surface area contributed by atoms with Gasteiger partial charge in [0.1, 0.15) is 5.52 Å². The van der Waals surface area contributed by atoms with Crippen LogP contribution in [0.5, 0.6) is 0 Å². The van der Waals surface area contributed by atoms with Crippen molar-refractivity contribution in [2.45, 2.75) is 0 Å². The van der Waals surface area contributed by atoms with E-state index in [0.717, 1.165) is 23.6 Å². The Labute approximate surface area is 97.9 Å². The molecule has 2 aromatic rings. The Morgan fingerprint density at radius 2 is 1.92 bits per heavy atom. The Morgan fingerprint density at radius 3 is 2.67 bits per heavy atom. The number of hydrogen-bond acceptors (Lipinski definition) is 3. The van der Waals surface area contributed by atoms with Gasteiger partial charge in [-0.1, -0.05) is 4.49 Å². The maximum Gasteiger partial charge on any atom is 0.121 e. The Morgan fingerprint density at radius 1 is 1.17 bits per heavy atom. The highest BCUT2D eigenvalue weighted by atomic mass is 79.9. The zero-order valence-electron chi connectivity index (χ0n) is 5.51. The van der Waals surface area contributed by atoms with E-state index < -0.39 is 0 Å². The fraction of sp³-hybridized carbons (Fsp3) is 0. The average Bonchev–Trinajstić information content (AvgIpc) is 2.48. The SMILES string of the molecule is Brc1cc(Br)c2nnsc2c1Br. The zero-order valence-corrected chi connectivity index (χ0v) is 11.1. The van der Waals surface area contributed by atoms with Gasteiger partial charge < -0.3 is 0 Å². The van der Waals surface area contributed by atoms with Crippen LogP contribution in [0.1, 0.15) is 0 Å². The lowest BCUT2D eigenvalue weighted by atomic mass is 10.3. The van der Waals surface area contributed by atoms with Crippen molar-refractivity contribution < 1.29 is 0 Å². The number of benzene rings is 1. The summed E-state index contributed by atoms with van der Waals surface area (Å²) in [6.45, 7) is 0. The van der Waals surface area contributed by atoms with Gasteiger partial charge in [-0.2, -0.15) is 0 Å². The van der Waals surface area contributed by atoms with Crippen LogP contribution in [-0.4, -0.2) is 9.59 Å². The number of nitrogens with zero attached hydrogens (tertiary/aromatic N) is 2. The lowest BCUT2D eigenvalue weighted by Crippen LogP contribution is -1.75. The first kappa shape index (κ1) is 9.05. The quantitative estimate of drug-likeness (QED) is 0.654. The summed E-state index contributed by atoms with van der Waals surface area (Å²) < 4.78 is 7.90. The highest BCUT2D eigenvalue weighted by Gasteiger charge is 2.10. The van der Waals surface area contributed by atoms with Gasteiger partial charge in [0.15, 0.2) is 0 Å². The maximum absolute atomic E-state index is 3.99. The molecule has 1 aromatic heterocycles. The molecule has 0 aliphatic heterocycles. The van der Waals surface area contributed by atoms with Crippen LogP contribution in [-0.2, 0) is 0 Å². The highest BCUT2D eigenvalue weighted by molar-refractivity contribution is 9.13. The summed E-state index contributed by atoms with van der Waals surface area (Å²) in [5.41, 5.74) is 0.898. The number of aromatic nitrogens is 2. The van der Waals surface area contributed by atoms with E-state index in [0.29, 0.717) is 0 Å². The fourth-order valence-corrected chi connectivity index (χ4v) is 3.50. The molecular weight excluding hydrogens is 372 g/mol. The molecule has 0 spiro atoms. The van der Waals surface area contributed by atoms with Crippen LogP contribution in [0.2, 0.25) is 0 Å². The average molecular weight is 373 g/mol. The Kier molecular flexibility index (Phi) is 2.51. The minimum atomic E-state index is 0.898. The summed E-state index contributed by atoms with van der Waals surface area (Å²) in [5, 5.41) is 3.99. The van der Waals surface area contributed by atoms with Crippen molar-refractivity contribution in [2.24, 2.45) is 0 Å². The van der Waals surface area contributed by atoms with Gasteiger partial charge >= 0.3 is 0 Å².